The van der Waals surface area contributed by atoms with Crippen molar-refractivity contribution in [1.29, 1.82) is 0 Å². The van der Waals surface area contributed by atoms with E-state index in [9.17, 15) is 52.3 Å². The SMILES string of the molecule is CC(C)Cc1ccccc1.CC(C)N(C(=O)CC(=O)O)c1ccccc1.CC(C)N(C(=O)CC(=O)O)c1ccccc1.CCn1cnc(-c2cc3nccc(Oc4ccc(CC(=O)CC(=O)N(c5ccccc5)C(C)C)cc4F)c3s2)c1.CCn1cnc(-c2cc3nccc(Oc4ccc(N)cc4F)c3s2)c1.COC(=O)CC(=O)Cl.COC(=O)CC(=O)N(c1ccccc1)C(C)C. The molecule has 4 amide bonds. The van der Waals surface area contributed by atoms with E-state index >= 15 is 4.39 Å². The van der Waals surface area contributed by atoms with E-state index in [1.807, 2.05) is 193 Å². The highest BCUT2D eigenvalue weighted by Crippen LogP contribution is 2.42. The first-order chi connectivity index (χ1) is 63.0. The van der Waals surface area contributed by atoms with E-state index in [1.165, 1.54) is 82.9 Å². The summed E-state index contributed by atoms with van der Waals surface area (Å²) in [5.74, 6) is -4.05. The van der Waals surface area contributed by atoms with Crippen LogP contribution in [0.4, 0.5) is 37.2 Å². The van der Waals surface area contributed by atoms with Gasteiger partial charge in [-0.3, -0.25) is 57.9 Å². The van der Waals surface area contributed by atoms with E-state index < -0.39 is 65.4 Å². The summed E-state index contributed by atoms with van der Waals surface area (Å²) in [5, 5.41) is 16.5. The van der Waals surface area contributed by atoms with Gasteiger partial charge in [-0.2, -0.15) is 0 Å². The maximum atomic E-state index is 15.1. The van der Waals surface area contributed by atoms with Crippen LogP contribution < -0.4 is 34.8 Å². The van der Waals surface area contributed by atoms with E-state index in [-0.39, 0.29) is 78.9 Å². The topological polar surface area (TPSA) is 348 Å². The first-order valence-corrected chi connectivity index (χ1v) is 44.3. The van der Waals surface area contributed by atoms with Crippen molar-refractivity contribution in [2.75, 3.05) is 39.6 Å². The Morgan fingerprint density at radius 3 is 1.09 bits per heavy atom. The predicted octanol–water partition coefficient (Wildman–Crippen LogP) is 20.7. The maximum absolute atomic E-state index is 15.1. The molecule has 0 aliphatic heterocycles. The number of imidazole rings is 2. The van der Waals surface area contributed by atoms with Gasteiger partial charge in [0.15, 0.2) is 23.1 Å². The number of anilines is 5. The minimum atomic E-state index is -1.11. The molecule has 0 aliphatic rings. The number of nitrogens with two attached hydrogens (primary N) is 1. The minimum absolute atomic E-state index is 0.00504. The third kappa shape index (κ3) is 33.4. The number of rotatable bonds is 30. The zero-order valence-corrected chi connectivity index (χ0v) is 78.4. The van der Waals surface area contributed by atoms with Crippen molar-refractivity contribution < 1.29 is 85.9 Å². The summed E-state index contributed by atoms with van der Waals surface area (Å²) < 4.78 is 55.1. The van der Waals surface area contributed by atoms with Crippen LogP contribution in [0.2, 0.25) is 0 Å². The predicted molar refractivity (Wildman–Crippen MR) is 514 cm³/mol. The number of carboxylic acids is 2. The molecule has 13 rings (SSSR count). The fourth-order valence-corrected chi connectivity index (χ4v) is 15.1. The highest BCUT2D eigenvalue weighted by Gasteiger charge is 2.27. The molecule has 694 valence electrons. The lowest BCUT2D eigenvalue weighted by Crippen LogP contribution is -2.38. The normalized spacial score (nSPS) is 10.6. The number of carbonyl (C=O) groups is 10. The number of aromatic nitrogens is 6. The van der Waals surface area contributed by atoms with Crippen LogP contribution in [0.1, 0.15) is 126 Å². The summed E-state index contributed by atoms with van der Waals surface area (Å²) in [6.07, 6.45) is 10.2. The number of hydrogen-bond donors (Lipinski definition) is 3. The third-order valence-electron chi connectivity index (χ3n) is 18.8. The molecule has 0 fully saturated rings. The molecule has 0 spiro atoms. The molecule has 132 heavy (non-hydrogen) atoms. The van der Waals surface area contributed by atoms with E-state index in [1.54, 1.807) is 83.4 Å². The van der Waals surface area contributed by atoms with Crippen molar-refractivity contribution in [3.8, 4) is 44.1 Å². The molecular formula is C100H110ClF2N11O16S2. The number of Topliss-reactive ketones (excluding diaryl/α,β-unsaturated/α-hetero) is 1. The van der Waals surface area contributed by atoms with Crippen molar-refractivity contribution in [3.05, 3.63) is 273 Å². The second-order valence-electron chi connectivity index (χ2n) is 30.9. The van der Waals surface area contributed by atoms with Crippen LogP contribution in [0.25, 0.3) is 41.6 Å². The summed E-state index contributed by atoms with van der Waals surface area (Å²) >= 11 is 7.81. The lowest BCUT2D eigenvalue weighted by molar-refractivity contribution is -0.144. The summed E-state index contributed by atoms with van der Waals surface area (Å²) in [5.41, 5.74) is 14.1. The van der Waals surface area contributed by atoms with Crippen molar-refractivity contribution in [3.63, 3.8) is 0 Å². The van der Waals surface area contributed by atoms with E-state index in [4.69, 9.17) is 37.0 Å². The minimum Gasteiger partial charge on any atom is -0.481 e. The van der Waals surface area contributed by atoms with Gasteiger partial charge in [-0.25, -0.2) is 18.7 Å². The summed E-state index contributed by atoms with van der Waals surface area (Å²) in [6, 6.07) is 63.2. The second kappa shape index (κ2) is 53.1. The number of carboxylic acid groups (broad SMARTS) is 2. The van der Waals surface area contributed by atoms with Gasteiger partial charge in [0.1, 0.15) is 43.0 Å². The Balaban J connectivity index is 0.000000225. The van der Waals surface area contributed by atoms with Gasteiger partial charge in [0.05, 0.1) is 74.9 Å². The second-order valence-corrected chi connectivity index (χ2v) is 33.4. The zero-order chi connectivity index (χ0) is 96.7. The number of ketones is 1. The Hall–Kier alpha value is -14.2. The molecule has 0 atom stereocenters. The number of nitrogen functional groups attached to an aromatic ring is 1. The molecule has 32 heteroatoms. The highest BCUT2D eigenvalue weighted by molar-refractivity contribution is 7.23. The Morgan fingerprint density at radius 2 is 0.773 bits per heavy atom. The molecule has 7 aromatic carbocycles. The number of nitrogens with zero attached hydrogens (tertiary/aromatic N) is 10. The molecule has 0 saturated heterocycles. The first kappa shape index (κ1) is 105. The van der Waals surface area contributed by atoms with Gasteiger partial charge in [0.25, 0.3) is 0 Å². The number of esters is 2. The van der Waals surface area contributed by atoms with E-state index in [0.29, 0.717) is 22.7 Å². The molecule has 0 unspecified atom stereocenters. The number of halogens is 3. The zero-order valence-electron chi connectivity index (χ0n) is 76.0. The van der Waals surface area contributed by atoms with Crippen molar-refractivity contribution in [1.82, 2.24) is 29.1 Å². The Kier molecular flexibility index (Phi) is 42.2. The number of para-hydroxylation sites is 4. The number of ether oxygens (including phenoxy) is 4. The number of aliphatic carboxylic acids is 2. The fourth-order valence-electron chi connectivity index (χ4n) is 12.9. The number of aryl methyl sites for hydroxylation is 2. The average Bonchev–Trinajstić information content (AvgIpc) is 1.65. The van der Waals surface area contributed by atoms with E-state index in [2.05, 4.69) is 80.5 Å². The number of benzene rings is 7. The number of fused-ring (bicyclic) bond motifs is 2. The lowest BCUT2D eigenvalue weighted by atomic mass is 10.0. The monoisotopic (exact) mass is 1860 g/mol. The maximum Gasteiger partial charge on any atom is 0.315 e. The Labute approximate surface area is 779 Å². The van der Waals surface area contributed by atoms with Crippen molar-refractivity contribution >= 4 is 142 Å². The average molecular weight is 1860 g/mol. The summed E-state index contributed by atoms with van der Waals surface area (Å²) in [6.45, 7) is 25.3. The molecule has 0 radical (unpaired) electrons. The summed E-state index contributed by atoms with van der Waals surface area (Å²) in [7, 11) is 2.47. The molecule has 27 nitrogen and oxygen atoms in total. The third-order valence-corrected chi connectivity index (χ3v) is 21.3. The Morgan fingerprint density at radius 1 is 0.424 bits per heavy atom. The van der Waals surface area contributed by atoms with Crippen molar-refractivity contribution in [2.45, 2.75) is 165 Å². The standard InChI is InChI=1S/C31H29FN4O3S.C18H15FN4OS.C13H17NO3.2C12H15NO3.C10H14.C4H5ClO3/c1-4-35-18-26(34-19-35)29-17-25-31(40-29)28(12-13-33-25)39-27-11-10-21(15-24(27)32)14-23(37)16-30(38)36(20(2)3)22-8-6-5-7-9-22;1-2-23-9-14(22-10-23)17-8-13-18(25-17)16(5-6-21-13)24-15-4-3-11(20)7-12(15)19;1-10(2)14(11-7-5-4-6-8-11)12(15)9-13(16)17-3;2*1-9(2)13(11(14)8-12(15)16)10-6-4-3-5-7-10;1-9(2)8-10-6-4-3-5-7-10;1-8-4(7)2-3(5)6/h5-13,15,17-20H,4,14,16H2,1-3H3;3-10H,2,20H2,1H3;4-8,10H,9H2,1-3H3;2*3-7,9H,8H2,1-2H3,(H,15,16);3-7,9H,8H2,1-2H3;2H2,1H3. The lowest BCUT2D eigenvalue weighted by Gasteiger charge is -2.26. The first-order valence-electron chi connectivity index (χ1n) is 42.3. The number of hydrogen-bond acceptors (Lipinski definition) is 21. The summed E-state index contributed by atoms with van der Waals surface area (Å²) in [4.78, 5) is 139. The van der Waals surface area contributed by atoms with Crippen LogP contribution in [0.3, 0.4) is 0 Å². The molecule has 4 N–H and O–H groups in total. The smallest absolute Gasteiger partial charge is 0.315 e. The van der Waals surface area contributed by atoms with Crippen LogP contribution in [0.5, 0.6) is 23.0 Å². The van der Waals surface area contributed by atoms with Gasteiger partial charge in [0, 0.05) is 115 Å². The van der Waals surface area contributed by atoms with Crippen LogP contribution in [-0.4, -0.2) is 136 Å². The van der Waals surface area contributed by atoms with Gasteiger partial charge in [-0.1, -0.05) is 123 Å². The van der Waals surface area contributed by atoms with Crippen LogP contribution in [0, 0.1) is 17.6 Å². The number of methoxy groups -OCH3 is 2. The fraction of sp³-hybridized carbons (Fsp3) is 0.280. The molecule has 6 heterocycles. The molecule has 0 aliphatic carbocycles. The molecule has 0 saturated carbocycles. The van der Waals surface area contributed by atoms with Crippen LogP contribution in [0.15, 0.2) is 250 Å². The Bertz CT molecular complexity index is 5870. The number of amides is 4. The highest BCUT2D eigenvalue weighted by atomic mass is 35.5. The number of thiophene rings is 2. The van der Waals surface area contributed by atoms with Crippen molar-refractivity contribution in [2.24, 2.45) is 5.92 Å². The van der Waals surface area contributed by atoms with Gasteiger partial charge < -0.3 is 63.6 Å². The van der Waals surface area contributed by atoms with Gasteiger partial charge >= 0.3 is 23.9 Å². The van der Waals surface area contributed by atoms with Gasteiger partial charge in [-0.05, 0) is 189 Å². The van der Waals surface area contributed by atoms with Gasteiger partial charge in [-0.15, -0.1) is 22.7 Å². The molecule has 0 bridgehead atoms. The van der Waals surface area contributed by atoms with Crippen LogP contribution >= 0.6 is 34.3 Å². The molecule has 6 aromatic heterocycles. The number of carbonyl (C=O) groups excluding carboxylic acids is 8. The largest absolute Gasteiger partial charge is 0.481 e. The van der Waals surface area contributed by atoms with Gasteiger partial charge in [0.2, 0.25) is 28.9 Å². The molecular weight excluding hydrogens is 1750 g/mol. The van der Waals surface area contributed by atoms with Crippen LogP contribution in [-0.2, 0) is 83.4 Å². The number of pyridine rings is 2. The molecule has 13 aromatic rings. The van der Waals surface area contributed by atoms with E-state index in [0.717, 1.165) is 83.3 Å². The quantitative estimate of drug-likeness (QED) is 0.0163.